The summed E-state index contributed by atoms with van der Waals surface area (Å²) in [7, 11) is 2.11. The molecule has 0 atom stereocenters. The van der Waals surface area contributed by atoms with E-state index in [1.165, 1.54) is 6.42 Å². The summed E-state index contributed by atoms with van der Waals surface area (Å²) in [4.78, 5) is 0. The van der Waals surface area contributed by atoms with Gasteiger partial charge in [0.05, 0.1) is 0 Å². The fraction of sp³-hybridized carbons (Fsp3) is 0.714. The lowest BCUT2D eigenvalue weighted by Gasteiger charge is -2.24. The average molecular weight is 126 g/mol. The van der Waals surface area contributed by atoms with Gasteiger partial charge in [0.25, 0.3) is 0 Å². The molecule has 1 aliphatic rings. The Bertz CT molecular complexity index is 109. The van der Waals surface area contributed by atoms with Crippen LogP contribution in [0.15, 0.2) is 12.3 Å². The molecule has 0 unspecified atom stereocenters. The monoisotopic (exact) mass is 126 g/mol. The largest absolute Gasteiger partial charge is 0.313 e. The van der Waals surface area contributed by atoms with E-state index in [0.29, 0.717) is 0 Å². The van der Waals surface area contributed by atoms with Crippen LogP contribution in [0.5, 0.6) is 0 Å². The predicted octanol–water partition coefficient (Wildman–Crippen LogP) is 1.07. The van der Waals surface area contributed by atoms with Gasteiger partial charge in [-0.05, 0) is 6.42 Å². The Morgan fingerprint density at radius 3 is 2.78 bits per heavy atom. The molecule has 1 heterocycles. The van der Waals surface area contributed by atoms with E-state index in [1.54, 1.807) is 0 Å². The van der Waals surface area contributed by atoms with Gasteiger partial charge in [0.2, 0.25) is 0 Å². The molecule has 0 saturated carbocycles. The third-order valence-corrected chi connectivity index (χ3v) is 1.54. The maximum Gasteiger partial charge on any atom is 0.0375 e. The Morgan fingerprint density at radius 2 is 2.33 bits per heavy atom. The molecule has 1 rings (SSSR count). The van der Waals surface area contributed by atoms with E-state index in [9.17, 15) is 0 Å². The van der Waals surface area contributed by atoms with E-state index in [1.807, 2.05) is 0 Å². The van der Waals surface area contributed by atoms with Crippen molar-refractivity contribution in [2.45, 2.75) is 13.3 Å². The number of hydrogen-bond acceptors (Lipinski definition) is 2. The third-order valence-electron chi connectivity index (χ3n) is 1.54. The van der Waals surface area contributed by atoms with Crippen LogP contribution in [0.3, 0.4) is 0 Å². The van der Waals surface area contributed by atoms with E-state index in [2.05, 4.69) is 36.3 Å². The molecule has 0 fully saturated rings. The molecule has 2 nitrogen and oxygen atoms in total. The lowest BCUT2D eigenvalue weighted by Crippen LogP contribution is -2.31. The van der Waals surface area contributed by atoms with Crippen LogP contribution >= 0.6 is 0 Å². The second-order valence-electron chi connectivity index (χ2n) is 2.39. The fourth-order valence-electron chi connectivity index (χ4n) is 1.01. The third kappa shape index (κ3) is 1.45. The lowest BCUT2D eigenvalue weighted by atomic mass is 10.5. The molecule has 0 spiro atoms. The lowest BCUT2D eigenvalue weighted by molar-refractivity contribution is 0.0844. The number of hydrogen-bond donors (Lipinski definition) is 0. The van der Waals surface area contributed by atoms with Gasteiger partial charge >= 0.3 is 0 Å². The van der Waals surface area contributed by atoms with Crippen LogP contribution in [0.2, 0.25) is 0 Å². The molecular formula is C7H14N2. The van der Waals surface area contributed by atoms with Crippen molar-refractivity contribution in [2.75, 3.05) is 20.1 Å². The van der Waals surface area contributed by atoms with Gasteiger partial charge in [-0.25, -0.2) is 5.01 Å². The first-order valence-corrected chi connectivity index (χ1v) is 3.49. The highest BCUT2D eigenvalue weighted by Gasteiger charge is 2.07. The van der Waals surface area contributed by atoms with Crippen molar-refractivity contribution >= 4 is 0 Å². The van der Waals surface area contributed by atoms with Crippen LogP contribution in [0.4, 0.5) is 0 Å². The highest BCUT2D eigenvalue weighted by atomic mass is 15.6. The molecule has 9 heavy (non-hydrogen) atoms. The van der Waals surface area contributed by atoms with Gasteiger partial charge in [-0.2, -0.15) is 0 Å². The molecule has 0 aromatic rings. The van der Waals surface area contributed by atoms with E-state index >= 15 is 0 Å². The van der Waals surface area contributed by atoms with Crippen molar-refractivity contribution in [3.63, 3.8) is 0 Å². The summed E-state index contributed by atoms with van der Waals surface area (Å²) < 4.78 is 0. The van der Waals surface area contributed by atoms with Gasteiger partial charge < -0.3 is 5.01 Å². The molecule has 0 bridgehead atoms. The van der Waals surface area contributed by atoms with E-state index < -0.39 is 0 Å². The molecule has 0 aromatic heterocycles. The molecule has 1 aliphatic heterocycles. The van der Waals surface area contributed by atoms with Crippen LogP contribution in [0.1, 0.15) is 13.3 Å². The number of likely N-dealkylation sites (N-methyl/N-ethyl adjacent to an activating group) is 1. The normalized spacial score (nSPS) is 19.6. The zero-order chi connectivity index (χ0) is 6.69. The molecule has 0 aromatic carbocycles. The van der Waals surface area contributed by atoms with Crippen LogP contribution in [-0.2, 0) is 0 Å². The van der Waals surface area contributed by atoms with E-state index in [-0.39, 0.29) is 0 Å². The second kappa shape index (κ2) is 2.87. The minimum absolute atomic E-state index is 1.07. The Hall–Kier alpha value is -0.500. The van der Waals surface area contributed by atoms with Crippen molar-refractivity contribution in [1.82, 2.24) is 10.0 Å². The fourth-order valence-corrected chi connectivity index (χ4v) is 1.01. The topological polar surface area (TPSA) is 6.48 Å². The smallest absolute Gasteiger partial charge is 0.0375 e. The Balaban J connectivity index is 2.31. The van der Waals surface area contributed by atoms with Gasteiger partial charge in [0.15, 0.2) is 0 Å². The zero-order valence-corrected chi connectivity index (χ0v) is 6.17. The molecule has 0 radical (unpaired) electrons. The van der Waals surface area contributed by atoms with Gasteiger partial charge in [-0.15, -0.1) is 0 Å². The van der Waals surface area contributed by atoms with Crippen molar-refractivity contribution in [3.8, 4) is 0 Å². The summed E-state index contributed by atoms with van der Waals surface area (Å²) in [5, 5.41) is 4.45. The van der Waals surface area contributed by atoms with Crippen LogP contribution in [0, 0.1) is 0 Å². The van der Waals surface area contributed by atoms with Crippen molar-refractivity contribution < 1.29 is 0 Å². The second-order valence-corrected chi connectivity index (χ2v) is 2.39. The minimum Gasteiger partial charge on any atom is -0.313 e. The minimum atomic E-state index is 1.07. The van der Waals surface area contributed by atoms with Gasteiger partial charge in [0.1, 0.15) is 0 Å². The zero-order valence-electron chi connectivity index (χ0n) is 6.17. The maximum atomic E-state index is 2.24. The van der Waals surface area contributed by atoms with Gasteiger partial charge in [-0.3, -0.25) is 0 Å². The molecule has 0 aliphatic carbocycles. The van der Waals surface area contributed by atoms with Gasteiger partial charge in [0, 0.05) is 26.3 Å². The summed E-state index contributed by atoms with van der Waals surface area (Å²) in [6.07, 6.45) is 5.54. The van der Waals surface area contributed by atoms with Gasteiger partial charge in [-0.1, -0.05) is 13.0 Å². The van der Waals surface area contributed by atoms with E-state index in [4.69, 9.17) is 0 Å². The summed E-state index contributed by atoms with van der Waals surface area (Å²) >= 11 is 0. The summed E-state index contributed by atoms with van der Waals surface area (Å²) in [6.45, 7) is 4.41. The highest BCUT2D eigenvalue weighted by Crippen LogP contribution is 2.03. The van der Waals surface area contributed by atoms with Crippen LogP contribution in [0.25, 0.3) is 0 Å². The predicted molar refractivity (Wildman–Crippen MR) is 38.8 cm³/mol. The Morgan fingerprint density at radius 1 is 1.56 bits per heavy atom. The van der Waals surface area contributed by atoms with Crippen LogP contribution < -0.4 is 0 Å². The molecular weight excluding hydrogens is 112 g/mol. The first-order valence-electron chi connectivity index (χ1n) is 3.49. The van der Waals surface area contributed by atoms with Crippen LogP contribution in [-0.4, -0.2) is 30.2 Å². The summed E-state index contributed by atoms with van der Waals surface area (Å²) in [5.74, 6) is 0. The Labute approximate surface area is 56.7 Å². The standard InChI is InChI=1S/C7H14N2/c1-3-5-9-7-4-6-8(9)2/h4,7H,3,5-6H2,1-2H3. The first kappa shape index (κ1) is 6.62. The number of nitrogens with zero attached hydrogens (tertiary/aromatic N) is 2. The molecule has 0 N–H and O–H groups in total. The number of hydrazine groups is 1. The highest BCUT2D eigenvalue weighted by molar-refractivity contribution is 4.89. The molecule has 52 valence electrons. The number of rotatable bonds is 2. The molecule has 0 saturated heterocycles. The quantitative estimate of drug-likeness (QED) is 0.546. The van der Waals surface area contributed by atoms with E-state index in [0.717, 1.165) is 13.1 Å². The average Bonchev–Trinajstić information content (AvgIpc) is 2.18. The summed E-state index contributed by atoms with van der Waals surface area (Å²) in [5.41, 5.74) is 0. The molecule has 0 amide bonds. The molecule has 2 heteroatoms. The van der Waals surface area contributed by atoms with Crippen molar-refractivity contribution in [2.24, 2.45) is 0 Å². The maximum absolute atomic E-state index is 2.24. The summed E-state index contributed by atoms with van der Waals surface area (Å²) in [6, 6.07) is 0. The van der Waals surface area contributed by atoms with Crippen molar-refractivity contribution in [1.29, 1.82) is 0 Å². The Kier molecular flexibility index (Phi) is 2.11. The first-order chi connectivity index (χ1) is 4.34. The SMILES string of the molecule is CCCN1C=CCN1C. The van der Waals surface area contributed by atoms with Crippen molar-refractivity contribution in [3.05, 3.63) is 12.3 Å².